The summed E-state index contributed by atoms with van der Waals surface area (Å²) in [6.45, 7) is 6.48. The van der Waals surface area contributed by atoms with Gasteiger partial charge in [0.1, 0.15) is 0 Å². The molecule has 3 unspecified atom stereocenters. The molecule has 0 radical (unpaired) electrons. The molecule has 2 fully saturated rings. The number of carbonyl (C=O) groups is 1. The van der Waals surface area contributed by atoms with Crippen molar-refractivity contribution in [1.82, 2.24) is 10.2 Å². The van der Waals surface area contributed by atoms with Gasteiger partial charge in [0.2, 0.25) is 5.91 Å². The van der Waals surface area contributed by atoms with E-state index in [0.29, 0.717) is 17.9 Å². The first kappa shape index (κ1) is 13.2. The lowest BCUT2D eigenvalue weighted by Crippen LogP contribution is -2.45. The highest BCUT2D eigenvalue weighted by Crippen LogP contribution is 2.27. The van der Waals surface area contributed by atoms with Gasteiger partial charge in [-0.3, -0.25) is 10.1 Å². The number of hydrogen-bond donors (Lipinski definition) is 1. The molecule has 17 heavy (non-hydrogen) atoms. The average Bonchev–Trinajstić information content (AvgIpc) is 2.54. The first-order valence-electron chi connectivity index (χ1n) is 6.75. The van der Waals surface area contributed by atoms with Crippen LogP contribution in [0.4, 0.5) is 0 Å². The van der Waals surface area contributed by atoms with Gasteiger partial charge >= 0.3 is 0 Å². The Hall–Kier alpha value is -0.220. The Morgan fingerprint density at radius 2 is 2.29 bits per heavy atom. The highest BCUT2D eigenvalue weighted by atomic mass is 32.2. The van der Waals surface area contributed by atoms with Crippen molar-refractivity contribution in [3.8, 4) is 0 Å². The van der Waals surface area contributed by atoms with E-state index < -0.39 is 0 Å². The first-order valence-corrected chi connectivity index (χ1v) is 7.91. The van der Waals surface area contributed by atoms with Gasteiger partial charge in [0.15, 0.2) is 0 Å². The Labute approximate surface area is 109 Å². The van der Waals surface area contributed by atoms with E-state index in [9.17, 15) is 4.79 Å². The standard InChI is InChI=1S/C13H24N2OS/c1-9(2)7-12-13(16)15(10(3)14-12)11-5-4-6-17-8-11/h9-12,14H,4-8H2,1-3H3. The second kappa shape index (κ2) is 5.61. The van der Waals surface area contributed by atoms with Crippen molar-refractivity contribution in [2.24, 2.45) is 5.92 Å². The van der Waals surface area contributed by atoms with Gasteiger partial charge in [-0.1, -0.05) is 13.8 Å². The van der Waals surface area contributed by atoms with E-state index in [4.69, 9.17) is 0 Å². The van der Waals surface area contributed by atoms with Gasteiger partial charge in [0.25, 0.3) is 0 Å². The maximum Gasteiger partial charge on any atom is 0.241 e. The van der Waals surface area contributed by atoms with Crippen molar-refractivity contribution in [2.75, 3.05) is 11.5 Å². The molecule has 1 N–H and O–H groups in total. The third-order valence-electron chi connectivity index (χ3n) is 3.65. The fourth-order valence-corrected chi connectivity index (χ4v) is 4.03. The van der Waals surface area contributed by atoms with E-state index in [-0.39, 0.29) is 12.2 Å². The third kappa shape index (κ3) is 2.97. The van der Waals surface area contributed by atoms with Gasteiger partial charge in [0.05, 0.1) is 12.2 Å². The topological polar surface area (TPSA) is 32.3 Å². The zero-order valence-corrected chi connectivity index (χ0v) is 11.9. The van der Waals surface area contributed by atoms with Gasteiger partial charge in [-0.15, -0.1) is 0 Å². The molecule has 0 spiro atoms. The number of nitrogens with zero attached hydrogens (tertiary/aromatic N) is 1. The summed E-state index contributed by atoms with van der Waals surface area (Å²) in [6.07, 6.45) is 3.61. The molecule has 3 atom stereocenters. The predicted molar refractivity (Wildman–Crippen MR) is 73.0 cm³/mol. The summed E-state index contributed by atoms with van der Waals surface area (Å²) in [6, 6.07) is 0.512. The van der Waals surface area contributed by atoms with Crippen LogP contribution in [-0.4, -0.2) is 40.6 Å². The van der Waals surface area contributed by atoms with Gasteiger partial charge in [-0.25, -0.2) is 0 Å². The lowest BCUT2D eigenvalue weighted by molar-refractivity contribution is -0.132. The molecule has 0 bridgehead atoms. The molecular formula is C13H24N2OS. The Morgan fingerprint density at radius 1 is 1.53 bits per heavy atom. The maximum absolute atomic E-state index is 12.4. The number of carbonyl (C=O) groups excluding carboxylic acids is 1. The van der Waals surface area contributed by atoms with Crippen molar-refractivity contribution in [1.29, 1.82) is 0 Å². The molecule has 2 heterocycles. The summed E-state index contributed by atoms with van der Waals surface area (Å²) < 4.78 is 0. The van der Waals surface area contributed by atoms with Gasteiger partial charge < -0.3 is 4.90 Å². The summed E-state index contributed by atoms with van der Waals surface area (Å²) in [4.78, 5) is 14.5. The zero-order valence-electron chi connectivity index (χ0n) is 11.1. The summed E-state index contributed by atoms with van der Waals surface area (Å²) in [5, 5.41) is 3.45. The second-order valence-electron chi connectivity index (χ2n) is 5.64. The van der Waals surface area contributed by atoms with Gasteiger partial charge in [-0.2, -0.15) is 11.8 Å². The van der Waals surface area contributed by atoms with Crippen molar-refractivity contribution in [3.05, 3.63) is 0 Å². The largest absolute Gasteiger partial charge is 0.322 e. The minimum Gasteiger partial charge on any atom is -0.322 e. The normalized spacial score (nSPS) is 34.7. The van der Waals surface area contributed by atoms with E-state index in [2.05, 4.69) is 31.0 Å². The van der Waals surface area contributed by atoms with Crippen LogP contribution in [0.1, 0.15) is 40.0 Å². The van der Waals surface area contributed by atoms with E-state index in [1.54, 1.807) is 0 Å². The van der Waals surface area contributed by atoms with E-state index in [1.807, 2.05) is 11.8 Å². The molecular weight excluding hydrogens is 232 g/mol. The fraction of sp³-hybridized carbons (Fsp3) is 0.923. The lowest BCUT2D eigenvalue weighted by atomic mass is 10.0. The molecule has 2 rings (SSSR count). The molecule has 0 aromatic carbocycles. The van der Waals surface area contributed by atoms with E-state index in [0.717, 1.165) is 12.2 Å². The highest BCUT2D eigenvalue weighted by molar-refractivity contribution is 7.99. The smallest absolute Gasteiger partial charge is 0.241 e. The Morgan fingerprint density at radius 3 is 2.88 bits per heavy atom. The van der Waals surface area contributed by atoms with Crippen molar-refractivity contribution in [2.45, 2.75) is 58.3 Å². The lowest BCUT2D eigenvalue weighted by Gasteiger charge is -2.33. The fourth-order valence-electron chi connectivity index (χ4n) is 2.89. The molecule has 98 valence electrons. The number of hydrogen-bond acceptors (Lipinski definition) is 3. The van der Waals surface area contributed by atoms with Gasteiger partial charge in [0, 0.05) is 11.8 Å². The number of amides is 1. The molecule has 0 aromatic rings. The van der Waals surface area contributed by atoms with Crippen LogP contribution >= 0.6 is 11.8 Å². The van der Waals surface area contributed by atoms with Gasteiger partial charge in [-0.05, 0) is 37.9 Å². The molecule has 4 heteroatoms. The van der Waals surface area contributed by atoms with Crippen LogP contribution in [0, 0.1) is 5.92 Å². The van der Waals surface area contributed by atoms with Crippen molar-refractivity contribution in [3.63, 3.8) is 0 Å². The monoisotopic (exact) mass is 256 g/mol. The van der Waals surface area contributed by atoms with Crippen molar-refractivity contribution >= 4 is 17.7 Å². The average molecular weight is 256 g/mol. The van der Waals surface area contributed by atoms with E-state index in [1.165, 1.54) is 18.6 Å². The van der Waals surface area contributed by atoms with Crippen LogP contribution in [0.15, 0.2) is 0 Å². The Balaban J connectivity index is 2.00. The number of rotatable bonds is 3. The summed E-state index contributed by atoms with van der Waals surface area (Å²) in [5.74, 6) is 3.28. The molecule has 0 aliphatic carbocycles. The molecule has 2 aliphatic heterocycles. The molecule has 3 nitrogen and oxygen atoms in total. The van der Waals surface area contributed by atoms with Crippen LogP contribution in [0.3, 0.4) is 0 Å². The minimum atomic E-state index is 0.0527. The van der Waals surface area contributed by atoms with Crippen LogP contribution in [0.5, 0.6) is 0 Å². The first-order chi connectivity index (χ1) is 8.09. The maximum atomic E-state index is 12.4. The van der Waals surface area contributed by atoms with E-state index >= 15 is 0 Å². The van der Waals surface area contributed by atoms with Crippen LogP contribution in [0.2, 0.25) is 0 Å². The molecule has 1 amide bonds. The molecule has 2 aliphatic rings. The summed E-state index contributed by atoms with van der Waals surface area (Å²) in [5.41, 5.74) is 0. The predicted octanol–water partition coefficient (Wildman–Crippen LogP) is 2.07. The Bertz CT molecular complexity index is 277. The molecule has 2 saturated heterocycles. The van der Waals surface area contributed by atoms with Crippen LogP contribution < -0.4 is 5.32 Å². The zero-order chi connectivity index (χ0) is 12.4. The number of thioether (sulfide) groups is 1. The summed E-state index contributed by atoms with van der Waals surface area (Å²) in [7, 11) is 0. The molecule has 0 aromatic heterocycles. The van der Waals surface area contributed by atoms with Crippen LogP contribution in [-0.2, 0) is 4.79 Å². The SMILES string of the molecule is CC(C)CC1NC(C)N(C2CCCSC2)C1=O. The van der Waals surface area contributed by atoms with Crippen molar-refractivity contribution < 1.29 is 4.79 Å². The third-order valence-corrected chi connectivity index (χ3v) is 4.85. The Kier molecular flexibility index (Phi) is 4.36. The quantitative estimate of drug-likeness (QED) is 0.839. The highest BCUT2D eigenvalue weighted by Gasteiger charge is 2.40. The van der Waals surface area contributed by atoms with Crippen LogP contribution in [0.25, 0.3) is 0 Å². The second-order valence-corrected chi connectivity index (χ2v) is 6.79. The minimum absolute atomic E-state index is 0.0527. The number of nitrogens with one attached hydrogen (secondary N) is 1. The summed E-state index contributed by atoms with van der Waals surface area (Å²) >= 11 is 1.99. The molecule has 0 saturated carbocycles.